The summed E-state index contributed by atoms with van der Waals surface area (Å²) in [5.41, 5.74) is 1.87. The van der Waals surface area contributed by atoms with E-state index in [2.05, 4.69) is 44.3 Å². The highest BCUT2D eigenvalue weighted by Crippen LogP contribution is 2.29. The zero-order chi connectivity index (χ0) is 20.9. The third kappa shape index (κ3) is 4.53. The Bertz CT molecular complexity index is 981. The topological polar surface area (TPSA) is 79.7 Å². The molecule has 0 aliphatic carbocycles. The Hall–Kier alpha value is -2.74. The fourth-order valence-electron chi connectivity index (χ4n) is 3.93. The van der Waals surface area contributed by atoms with Gasteiger partial charge >= 0.3 is 0 Å². The summed E-state index contributed by atoms with van der Waals surface area (Å²) in [6, 6.07) is 7.18. The Balaban J connectivity index is 1.69. The van der Waals surface area contributed by atoms with Crippen LogP contribution in [0.5, 0.6) is 0 Å². The Morgan fingerprint density at radius 3 is 2.80 bits per heavy atom. The number of unbranched alkanes of at least 4 members (excludes halogenated alkanes) is 1. The van der Waals surface area contributed by atoms with Gasteiger partial charge in [-0.25, -0.2) is 14.4 Å². The zero-order valence-corrected chi connectivity index (χ0v) is 17.7. The first kappa shape index (κ1) is 20.5. The third-order valence-corrected chi connectivity index (χ3v) is 5.64. The highest BCUT2D eigenvalue weighted by atomic mass is 19.1. The van der Waals surface area contributed by atoms with Crippen LogP contribution in [0, 0.1) is 5.82 Å². The van der Waals surface area contributed by atoms with Gasteiger partial charge in [0.2, 0.25) is 11.9 Å². The minimum atomic E-state index is -0.309. The summed E-state index contributed by atoms with van der Waals surface area (Å²) in [5, 5.41) is 10.0. The van der Waals surface area contributed by atoms with Gasteiger partial charge in [0, 0.05) is 12.1 Å². The van der Waals surface area contributed by atoms with Crippen LogP contribution in [0.3, 0.4) is 0 Å². The predicted molar refractivity (Wildman–Crippen MR) is 119 cm³/mol. The van der Waals surface area contributed by atoms with E-state index in [4.69, 9.17) is 4.98 Å². The Morgan fingerprint density at radius 1 is 1.23 bits per heavy atom. The zero-order valence-electron chi connectivity index (χ0n) is 17.7. The SMILES string of the molecule is CCCCC(C)n1c(Nc2ccccc2F)nc2cnc(NC3CCNCC3)nc21. The van der Waals surface area contributed by atoms with Crippen molar-refractivity contribution in [1.29, 1.82) is 0 Å². The summed E-state index contributed by atoms with van der Waals surface area (Å²) in [6.45, 7) is 6.34. The molecule has 160 valence electrons. The number of piperidine rings is 1. The molecule has 8 heteroatoms. The maximum atomic E-state index is 14.2. The number of aromatic nitrogens is 4. The molecular formula is C22H30FN7. The van der Waals surface area contributed by atoms with Gasteiger partial charge in [-0.15, -0.1) is 0 Å². The van der Waals surface area contributed by atoms with Crippen molar-refractivity contribution in [2.75, 3.05) is 23.7 Å². The van der Waals surface area contributed by atoms with Crippen LogP contribution in [0.25, 0.3) is 11.2 Å². The van der Waals surface area contributed by atoms with Gasteiger partial charge in [-0.1, -0.05) is 31.9 Å². The summed E-state index contributed by atoms with van der Waals surface area (Å²) >= 11 is 0. The maximum Gasteiger partial charge on any atom is 0.224 e. The van der Waals surface area contributed by atoms with E-state index in [0.717, 1.165) is 50.8 Å². The molecule has 1 saturated heterocycles. The van der Waals surface area contributed by atoms with Gasteiger partial charge in [0.25, 0.3) is 0 Å². The Labute approximate surface area is 176 Å². The number of hydrogen-bond acceptors (Lipinski definition) is 6. The molecule has 1 aliphatic heterocycles. The number of fused-ring (bicyclic) bond motifs is 1. The second-order valence-electron chi connectivity index (χ2n) is 7.97. The molecule has 0 radical (unpaired) electrons. The summed E-state index contributed by atoms with van der Waals surface area (Å²) in [6.07, 6.45) is 7.06. The molecule has 1 aliphatic rings. The number of nitrogens with zero attached hydrogens (tertiary/aromatic N) is 4. The summed E-state index contributed by atoms with van der Waals surface area (Å²) in [5.74, 6) is 0.902. The first-order valence-corrected chi connectivity index (χ1v) is 10.9. The van der Waals surface area contributed by atoms with E-state index in [9.17, 15) is 4.39 Å². The van der Waals surface area contributed by atoms with Gasteiger partial charge in [-0.3, -0.25) is 4.57 Å². The van der Waals surface area contributed by atoms with Crippen LogP contribution in [-0.2, 0) is 0 Å². The van der Waals surface area contributed by atoms with Gasteiger partial charge in [0.1, 0.15) is 11.3 Å². The first-order chi connectivity index (χ1) is 14.7. The first-order valence-electron chi connectivity index (χ1n) is 10.9. The number of anilines is 3. The third-order valence-electron chi connectivity index (χ3n) is 5.64. The van der Waals surface area contributed by atoms with E-state index >= 15 is 0 Å². The highest BCUT2D eigenvalue weighted by molar-refractivity contribution is 5.76. The van der Waals surface area contributed by atoms with E-state index in [1.165, 1.54) is 6.07 Å². The molecule has 7 nitrogen and oxygen atoms in total. The Kier molecular flexibility index (Phi) is 6.42. The van der Waals surface area contributed by atoms with Crippen molar-refractivity contribution in [3.8, 4) is 0 Å². The molecule has 0 spiro atoms. The second-order valence-corrected chi connectivity index (χ2v) is 7.97. The molecule has 2 aromatic heterocycles. The monoisotopic (exact) mass is 411 g/mol. The average Bonchev–Trinajstić information content (AvgIpc) is 3.11. The standard InChI is InChI=1S/C22H30FN7/c1-3-4-7-15(2)30-20-19(28-22(30)27-18-9-6-5-8-17(18)23)14-25-21(29-20)26-16-10-12-24-13-11-16/h5-6,8-9,14-16,24H,3-4,7,10-13H2,1-2H3,(H,27,28)(H,25,26,29). The minimum Gasteiger partial charge on any atom is -0.351 e. The molecule has 1 aromatic carbocycles. The maximum absolute atomic E-state index is 14.2. The number of nitrogens with one attached hydrogen (secondary N) is 3. The lowest BCUT2D eigenvalue weighted by molar-refractivity contribution is 0.477. The molecule has 0 bridgehead atoms. The van der Waals surface area contributed by atoms with Crippen LogP contribution < -0.4 is 16.0 Å². The number of halogens is 1. The van der Waals surface area contributed by atoms with Gasteiger partial charge in [-0.05, 0) is 51.4 Å². The molecular weight excluding hydrogens is 381 g/mol. The fourth-order valence-corrected chi connectivity index (χ4v) is 3.93. The lowest BCUT2D eigenvalue weighted by Crippen LogP contribution is -2.35. The van der Waals surface area contributed by atoms with E-state index in [1.54, 1.807) is 24.4 Å². The minimum absolute atomic E-state index is 0.172. The summed E-state index contributed by atoms with van der Waals surface area (Å²) in [7, 11) is 0. The highest BCUT2D eigenvalue weighted by Gasteiger charge is 2.20. The molecule has 3 aromatic rings. The Morgan fingerprint density at radius 2 is 2.03 bits per heavy atom. The van der Waals surface area contributed by atoms with Gasteiger partial charge in [0.15, 0.2) is 5.65 Å². The van der Waals surface area contributed by atoms with Crippen molar-refractivity contribution in [3.63, 3.8) is 0 Å². The molecule has 3 heterocycles. The molecule has 3 N–H and O–H groups in total. The molecule has 1 unspecified atom stereocenters. The van der Waals surface area contributed by atoms with Crippen LogP contribution >= 0.6 is 0 Å². The van der Waals surface area contributed by atoms with Crippen LogP contribution in [0.2, 0.25) is 0 Å². The fraction of sp³-hybridized carbons (Fsp3) is 0.500. The average molecular weight is 412 g/mol. The summed E-state index contributed by atoms with van der Waals surface area (Å²) < 4.78 is 16.3. The van der Waals surface area contributed by atoms with Gasteiger partial charge in [0.05, 0.1) is 11.9 Å². The van der Waals surface area contributed by atoms with E-state index in [-0.39, 0.29) is 11.9 Å². The van der Waals surface area contributed by atoms with Crippen LogP contribution in [0.4, 0.5) is 22.0 Å². The van der Waals surface area contributed by atoms with Crippen LogP contribution in [0.15, 0.2) is 30.5 Å². The molecule has 0 saturated carbocycles. The number of benzene rings is 1. The predicted octanol–water partition coefficient (Wildman–Crippen LogP) is 4.62. The molecule has 30 heavy (non-hydrogen) atoms. The largest absolute Gasteiger partial charge is 0.351 e. The molecule has 4 rings (SSSR count). The van der Waals surface area contributed by atoms with Crippen molar-refractivity contribution >= 4 is 28.7 Å². The number of rotatable bonds is 8. The lowest BCUT2D eigenvalue weighted by Gasteiger charge is -2.23. The van der Waals surface area contributed by atoms with E-state index in [0.29, 0.717) is 29.1 Å². The molecule has 0 amide bonds. The van der Waals surface area contributed by atoms with Crippen molar-refractivity contribution in [1.82, 2.24) is 24.8 Å². The normalized spacial score (nSPS) is 16.0. The van der Waals surface area contributed by atoms with Crippen LogP contribution in [-0.4, -0.2) is 38.7 Å². The smallest absolute Gasteiger partial charge is 0.224 e. The second kappa shape index (κ2) is 9.38. The number of para-hydroxylation sites is 1. The molecule has 1 atom stereocenters. The van der Waals surface area contributed by atoms with E-state index in [1.807, 2.05) is 0 Å². The van der Waals surface area contributed by atoms with Crippen molar-refractivity contribution < 1.29 is 4.39 Å². The van der Waals surface area contributed by atoms with Crippen molar-refractivity contribution in [3.05, 3.63) is 36.3 Å². The number of hydrogen-bond donors (Lipinski definition) is 3. The molecule has 1 fully saturated rings. The van der Waals surface area contributed by atoms with Crippen molar-refractivity contribution in [2.45, 2.75) is 58.0 Å². The number of imidazole rings is 1. The van der Waals surface area contributed by atoms with Crippen molar-refractivity contribution in [2.24, 2.45) is 0 Å². The summed E-state index contributed by atoms with van der Waals surface area (Å²) in [4.78, 5) is 14.0. The van der Waals surface area contributed by atoms with Gasteiger partial charge in [-0.2, -0.15) is 4.98 Å². The van der Waals surface area contributed by atoms with Crippen LogP contribution in [0.1, 0.15) is 52.0 Å². The lowest BCUT2D eigenvalue weighted by atomic mass is 10.1. The van der Waals surface area contributed by atoms with E-state index < -0.39 is 0 Å². The van der Waals surface area contributed by atoms with Gasteiger partial charge < -0.3 is 16.0 Å². The quantitative estimate of drug-likeness (QED) is 0.502.